The second-order valence-corrected chi connectivity index (χ2v) is 5.75. The number of aromatic nitrogens is 2. The SMILES string of the molecule is CC(C)n1cc(I)c(NC(=O)OCc2ccccc2)n1. The van der Waals surface area contributed by atoms with Crippen LogP contribution in [0, 0.1) is 3.57 Å². The Hall–Kier alpha value is -1.57. The van der Waals surface area contributed by atoms with E-state index in [1.807, 2.05) is 50.4 Å². The van der Waals surface area contributed by atoms with Crippen molar-refractivity contribution in [3.05, 3.63) is 45.7 Å². The summed E-state index contributed by atoms with van der Waals surface area (Å²) in [6.07, 6.45) is 1.39. The number of benzene rings is 1. The highest BCUT2D eigenvalue weighted by molar-refractivity contribution is 14.1. The van der Waals surface area contributed by atoms with Crippen molar-refractivity contribution in [3.63, 3.8) is 0 Å². The molecule has 20 heavy (non-hydrogen) atoms. The van der Waals surface area contributed by atoms with E-state index in [0.717, 1.165) is 9.13 Å². The van der Waals surface area contributed by atoms with Gasteiger partial charge in [-0.15, -0.1) is 0 Å². The summed E-state index contributed by atoms with van der Waals surface area (Å²) in [4.78, 5) is 11.7. The molecule has 106 valence electrons. The van der Waals surface area contributed by atoms with Gasteiger partial charge < -0.3 is 4.74 Å². The number of nitrogens with one attached hydrogen (secondary N) is 1. The third kappa shape index (κ3) is 3.96. The van der Waals surface area contributed by atoms with E-state index >= 15 is 0 Å². The van der Waals surface area contributed by atoms with Gasteiger partial charge in [-0.2, -0.15) is 5.10 Å². The fraction of sp³-hybridized carbons (Fsp3) is 0.286. The molecule has 1 aromatic carbocycles. The second-order valence-electron chi connectivity index (χ2n) is 4.59. The lowest BCUT2D eigenvalue weighted by Gasteiger charge is -2.06. The van der Waals surface area contributed by atoms with Gasteiger partial charge in [0.05, 0.1) is 3.57 Å². The van der Waals surface area contributed by atoms with E-state index in [9.17, 15) is 4.79 Å². The zero-order valence-corrected chi connectivity index (χ0v) is 13.5. The smallest absolute Gasteiger partial charge is 0.413 e. The number of hydrogen-bond donors (Lipinski definition) is 1. The topological polar surface area (TPSA) is 56.2 Å². The molecule has 1 amide bonds. The second kappa shape index (κ2) is 6.74. The number of anilines is 1. The summed E-state index contributed by atoms with van der Waals surface area (Å²) in [6.45, 7) is 4.30. The number of carbonyl (C=O) groups excluding carboxylic acids is 1. The molecule has 1 heterocycles. The molecule has 0 saturated heterocycles. The predicted octanol–water partition coefficient (Wildman–Crippen LogP) is 3.82. The van der Waals surface area contributed by atoms with Crippen LogP contribution in [0.4, 0.5) is 10.6 Å². The molecule has 0 aliphatic carbocycles. The van der Waals surface area contributed by atoms with E-state index in [-0.39, 0.29) is 12.6 Å². The van der Waals surface area contributed by atoms with Crippen LogP contribution >= 0.6 is 22.6 Å². The molecule has 6 heteroatoms. The molecule has 2 aromatic rings. The fourth-order valence-corrected chi connectivity index (χ4v) is 2.10. The highest BCUT2D eigenvalue weighted by atomic mass is 127. The summed E-state index contributed by atoms with van der Waals surface area (Å²) in [5.41, 5.74) is 0.949. The maximum atomic E-state index is 11.7. The van der Waals surface area contributed by atoms with Gasteiger partial charge in [0.25, 0.3) is 0 Å². The molecule has 0 spiro atoms. The van der Waals surface area contributed by atoms with Crippen LogP contribution in [0.5, 0.6) is 0 Å². The lowest BCUT2D eigenvalue weighted by molar-refractivity contribution is 0.155. The Morgan fingerprint density at radius 1 is 1.40 bits per heavy atom. The Bertz CT molecular complexity index is 581. The van der Waals surface area contributed by atoms with Crippen molar-refractivity contribution in [2.75, 3.05) is 5.32 Å². The Kier molecular flexibility index (Phi) is 4.99. The van der Waals surface area contributed by atoms with E-state index in [0.29, 0.717) is 5.82 Å². The van der Waals surface area contributed by atoms with Gasteiger partial charge in [-0.1, -0.05) is 30.3 Å². The minimum absolute atomic E-state index is 0.244. The van der Waals surface area contributed by atoms with E-state index in [1.54, 1.807) is 4.68 Å². The van der Waals surface area contributed by atoms with Crippen molar-refractivity contribution >= 4 is 34.5 Å². The summed E-state index contributed by atoms with van der Waals surface area (Å²) in [5.74, 6) is 0.525. The molecule has 0 radical (unpaired) electrons. The predicted molar refractivity (Wildman–Crippen MR) is 85.6 cm³/mol. The van der Waals surface area contributed by atoms with Crippen molar-refractivity contribution in [3.8, 4) is 0 Å². The first kappa shape index (κ1) is 14.8. The van der Waals surface area contributed by atoms with E-state index in [2.05, 4.69) is 33.0 Å². The van der Waals surface area contributed by atoms with Crippen LogP contribution in [0.25, 0.3) is 0 Å². The highest BCUT2D eigenvalue weighted by Gasteiger charge is 2.12. The van der Waals surface area contributed by atoms with Gasteiger partial charge in [0, 0.05) is 12.2 Å². The molecule has 0 aliphatic rings. The van der Waals surface area contributed by atoms with Crippen LogP contribution in [0.15, 0.2) is 36.5 Å². The van der Waals surface area contributed by atoms with Crippen molar-refractivity contribution < 1.29 is 9.53 Å². The number of halogens is 1. The summed E-state index contributed by atoms with van der Waals surface area (Å²) in [5, 5.41) is 6.96. The monoisotopic (exact) mass is 385 g/mol. The molecular weight excluding hydrogens is 369 g/mol. The van der Waals surface area contributed by atoms with Gasteiger partial charge in [0.1, 0.15) is 6.61 Å². The van der Waals surface area contributed by atoms with Crippen LogP contribution < -0.4 is 5.32 Å². The van der Waals surface area contributed by atoms with Crippen LogP contribution in [0.3, 0.4) is 0 Å². The summed E-state index contributed by atoms with van der Waals surface area (Å²) in [7, 11) is 0. The molecule has 1 aromatic heterocycles. The molecule has 1 N–H and O–H groups in total. The number of hydrogen-bond acceptors (Lipinski definition) is 3. The van der Waals surface area contributed by atoms with Crippen molar-refractivity contribution in [2.45, 2.75) is 26.5 Å². The summed E-state index contributed by atoms with van der Waals surface area (Å²) >= 11 is 2.13. The van der Waals surface area contributed by atoms with E-state index in [1.165, 1.54) is 0 Å². The minimum Gasteiger partial charge on any atom is -0.444 e. The Morgan fingerprint density at radius 3 is 2.70 bits per heavy atom. The molecule has 0 bridgehead atoms. The van der Waals surface area contributed by atoms with Crippen molar-refractivity contribution in [1.82, 2.24) is 9.78 Å². The third-order valence-electron chi connectivity index (χ3n) is 2.65. The molecule has 0 saturated carbocycles. The molecule has 2 rings (SSSR count). The first-order chi connectivity index (χ1) is 9.56. The fourth-order valence-electron chi connectivity index (χ4n) is 1.57. The third-order valence-corrected chi connectivity index (χ3v) is 3.44. The summed E-state index contributed by atoms with van der Waals surface area (Å²) < 4.78 is 7.84. The number of rotatable bonds is 4. The lowest BCUT2D eigenvalue weighted by Crippen LogP contribution is -2.15. The number of ether oxygens (including phenoxy) is 1. The number of carbonyl (C=O) groups is 1. The molecule has 0 unspecified atom stereocenters. The number of amides is 1. The Balaban J connectivity index is 1.91. The standard InChI is InChI=1S/C14H16IN3O2/c1-10(2)18-8-12(15)13(17-18)16-14(19)20-9-11-6-4-3-5-7-11/h3-8,10H,9H2,1-2H3,(H,16,17,19). The molecule has 5 nitrogen and oxygen atoms in total. The lowest BCUT2D eigenvalue weighted by atomic mass is 10.2. The molecule has 0 fully saturated rings. The number of nitrogens with zero attached hydrogens (tertiary/aromatic N) is 2. The first-order valence-corrected chi connectivity index (χ1v) is 7.36. The van der Waals surface area contributed by atoms with Crippen molar-refractivity contribution in [1.29, 1.82) is 0 Å². The highest BCUT2D eigenvalue weighted by Crippen LogP contribution is 2.18. The Labute approximate surface area is 131 Å². The van der Waals surface area contributed by atoms with Gasteiger partial charge in [0.2, 0.25) is 0 Å². The van der Waals surface area contributed by atoms with Gasteiger partial charge >= 0.3 is 6.09 Å². The quantitative estimate of drug-likeness (QED) is 0.815. The van der Waals surface area contributed by atoms with Crippen LogP contribution in [-0.4, -0.2) is 15.9 Å². The van der Waals surface area contributed by atoms with E-state index in [4.69, 9.17) is 4.74 Å². The van der Waals surface area contributed by atoms with Crippen LogP contribution in [-0.2, 0) is 11.3 Å². The van der Waals surface area contributed by atoms with Gasteiger partial charge in [0.15, 0.2) is 5.82 Å². The average molecular weight is 385 g/mol. The normalized spacial score (nSPS) is 10.6. The maximum Gasteiger partial charge on any atom is 0.413 e. The van der Waals surface area contributed by atoms with Crippen molar-refractivity contribution in [2.24, 2.45) is 0 Å². The molecule has 0 aliphatic heterocycles. The van der Waals surface area contributed by atoms with Gasteiger partial charge in [-0.05, 0) is 42.0 Å². The van der Waals surface area contributed by atoms with Crippen LogP contribution in [0.2, 0.25) is 0 Å². The average Bonchev–Trinajstić information content (AvgIpc) is 2.79. The van der Waals surface area contributed by atoms with E-state index < -0.39 is 6.09 Å². The largest absolute Gasteiger partial charge is 0.444 e. The molecule has 0 atom stereocenters. The van der Waals surface area contributed by atoms with Crippen LogP contribution in [0.1, 0.15) is 25.5 Å². The summed E-state index contributed by atoms with van der Waals surface area (Å²) in [6, 6.07) is 9.80. The van der Waals surface area contributed by atoms with Gasteiger partial charge in [-0.3, -0.25) is 10.00 Å². The van der Waals surface area contributed by atoms with Gasteiger partial charge in [-0.25, -0.2) is 4.79 Å². The Morgan fingerprint density at radius 2 is 2.10 bits per heavy atom. The molecular formula is C14H16IN3O2. The minimum atomic E-state index is -0.499. The zero-order chi connectivity index (χ0) is 14.5. The maximum absolute atomic E-state index is 11.7. The first-order valence-electron chi connectivity index (χ1n) is 6.28. The zero-order valence-electron chi connectivity index (χ0n) is 11.3.